The van der Waals surface area contributed by atoms with E-state index in [0.717, 1.165) is 39.9 Å². The average molecular weight is 490 g/mol. The van der Waals surface area contributed by atoms with Crippen molar-refractivity contribution in [3.05, 3.63) is 76.5 Å². The lowest BCUT2D eigenvalue weighted by atomic mass is 10.1. The van der Waals surface area contributed by atoms with Crippen molar-refractivity contribution < 1.29 is 4.79 Å². The van der Waals surface area contributed by atoms with Crippen LogP contribution < -0.4 is 0 Å². The summed E-state index contributed by atoms with van der Waals surface area (Å²) in [5.41, 5.74) is 3.13. The maximum atomic E-state index is 12.9. The van der Waals surface area contributed by atoms with Crippen molar-refractivity contribution in [2.24, 2.45) is 16.0 Å². The summed E-state index contributed by atoms with van der Waals surface area (Å²) in [4.78, 5) is 17.2. The van der Waals surface area contributed by atoms with Gasteiger partial charge in [-0.15, -0.1) is 0 Å². The van der Waals surface area contributed by atoms with Crippen molar-refractivity contribution in [1.82, 2.24) is 9.58 Å². The number of carbonyl (C=O) groups is 1. The van der Waals surface area contributed by atoms with E-state index in [9.17, 15) is 4.79 Å². The number of halogens is 1. The summed E-state index contributed by atoms with van der Waals surface area (Å²) >= 11 is 7.80. The van der Waals surface area contributed by atoms with Gasteiger partial charge in [-0.3, -0.25) is 10.2 Å². The molecule has 1 aromatic heterocycles. The molecule has 1 N–H and O–H groups in total. The van der Waals surface area contributed by atoms with Crippen molar-refractivity contribution in [2.45, 2.75) is 33.2 Å². The number of nitrogens with one attached hydrogen (secondary N) is 1. The number of carbonyl (C=O) groups excluding carboxylic acids is 1. The lowest BCUT2D eigenvalue weighted by Gasteiger charge is -2.20. The van der Waals surface area contributed by atoms with Gasteiger partial charge in [0.15, 0.2) is 5.84 Å². The number of hydrogen-bond donors (Lipinski definition) is 1. The number of para-hydroxylation sites is 1. The maximum Gasteiger partial charge on any atom is 0.283 e. The van der Waals surface area contributed by atoms with Crippen molar-refractivity contribution in [3.8, 4) is 0 Å². The molecule has 0 aliphatic carbocycles. The Bertz CT molecular complexity index is 1400. The Morgan fingerprint density at radius 1 is 1.12 bits per heavy atom. The van der Waals surface area contributed by atoms with Crippen molar-refractivity contribution >= 4 is 62.3 Å². The Kier molecular flexibility index (Phi) is 6.15. The van der Waals surface area contributed by atoms with Crippen LogP contribution in [-0.2, 0) is 11.3 Å². The molecule has 2 aliphatic rings. The number of amides is 1. The minimum absolute atomic E-state index is 0.0615. The number of aliphatic imine (C=N–C) groups is 1. The fraction of sp³-hybridized carbons (Fsp3) is 0.231. The molecular formula is C26H24ClN5OS. The zero-order valence-corrected chi connectivity index (χ0v) is 20.5. The summed E-state index contributed by atoms with van der Waals surface area (Å²) in [5.74, 6) is -0.0458. The Hall–Kier alpha value is -3.16. The molecule has 0 fully saturated rings. The van der Waals surface area contributed by atoms with E-state index in [1.807, 2.05) is 54.7 Å². The van der Waals surface area contributed by atoms with Gasteiger partial charge in [0, 0.05) is 40.1 Å². The molecule has 0 saturated heterocycles. The van der Waals surface area contributed by atoms with Crippen LogP contribution in [0.1, 0.15) is 37.8 Å². The number of hydrogen-bond acceptors (Lipinski definition) is 4. The highest BCUT2D eigenvalue weighted by atomic mass is 35.5. The average Bonchev–Trinajstić information content (AvgIpc) is 3.41. The quantitative estimate of drug-likeness (QED) is 0.407. The molecule has 172 valence electrons. The van der Waals surface area contributed by atoms with E-state index in [0.29, 0.717) is 22.7 Å². The standard InChI is InChI=1S/C26H24ClN5OS/c1-3-16(4-2)25-30-32-23(28)20(24(33)29-26(32)34-25)13-18-15-31(22-12-8-6-10-19(18)22)14-17-9-5-7-11-21(17)27/h5-13,15-16,28H,3-4,14H2,1-2H3. The van der Waals surface area contributed by atoms with Crippen molar-refractivity contribution in [3.63, 3.8) is 0 Å². The number of aromatic nitrogens is 1. The Morgan fingerprint density at radius 2 is 1.85 bits per heavy atom. The molecule has 0 spiro atoms. The first kappa shape index (κ1) is 22.6. The molecule has 34 heavy (non-hydrogen) atoms. The summed E-state index contributed by atoms with van der Waals surface area (Å²) in [6, 6.07) is 15.8. The second-order valence-corrected chi connectivity index (χ2v) is 9.69. The Labute approximate surface area is 207 Å². The maximum absolute atomic E-state index is 12.9. The SMILES string of the molecule is CCC(CC)C1=NN2C(=N)C(=Cc3cn(Cc4ccccc4Cl)c4ccccc34)C(=O)N=C2S1. The molecule has 3 aromatic rings. The molecule has 0 radical (unpaired) electrons. The summed E-state index contributed by atoms with van der Waals surface area (Å²) < 4.78 is 2.11. The van der Waals surface area contributed by atoms with E-state index < -0.39 is 5.91 Å². The molecule has 0 atom stereocenters. The van der Waals surface area contributed by atoms with E-state index in [1.165, 1.54) is 16.8 Å². The molecule has 3 heterocycles. The number of amidine groups is 2. The predicted molar refractivity (Wildman–Crippen MR) is 142 cm³/mol. The van der Waals surface area contributed by atoms with E-state index in [4.69, 9.17) is 17.0 Å². The van der Waals surface area contributed by atoms with E-state index in [-0.39, 0.29) is 11.4 Å². The minimum atomic E-state index is -0.410. The van der Waals surface area contributed by atoms with Crippen LogP contribution in [0.5, 0.6) is 0 Å². The topological polar surface area (TPSA) is 73.8 Å². The molecule has 1 amide bonds. The van der Waals surface area contributed by atoms with Crippen LogP contribution in [0.25, 0.3) is 17.0 Å². The van der Waals surface area contributed by atoms with Gasteiger partial charge in [0.25, 0.3) is 5.91 Å². The molecule has 0 unspecified atom stereocenters. The van der Waals surface area contributed by atoms with Gasteiger partial charge in [0.2, 0.25) is 5.17 Å². The fourth-order valence-electron chi connectivity index (χ4n) is 4.30. The van der Waals surface area contributed by atoms with Crippen LogP contribution in [0.15, 0.2) is 70.4 Å². The normalized spacial score (nSPS) is 17.1. The van der Waals surface area contributed by atoms with Crippen LogP contribution in [-0.4, -0.2) is 31.5 Å². The lowest BCUT2D eigenvalue weighted by molar-refractivity contribution is -0.114. The number of nitrogens with zero attached hydrogens (tertiary/aromatic N) is 4. The highest BCUT2D eigenvalue weighted by Crippen LogP contribution is 2.34. The fourth-order valence-corrected chi connectivity index (χ4v) is 5.65. The number of benzene rings is 2. The van der Waals surface area contributed by atoms with Crippen molar-refractivity contribution in [2.75, 3.05) is 0 Å². The monoisotopic (exact) mass is 489 g/mol. The van der Waals surface area contributed by atoms with Gasteiger partial charge in [-0.1, -0.05) is 61.8 Å². The zero-order chi connectivity index (χ0) is 23.8. The zero-order valence-electron chi connectivity index (χ0n) is 19.0. The first-order chi connectivity index (χ1) is 16.5. The van der Waals surface area contributed by atoms with Gasteiger partial charge >= 0.3 is 0 Å². The summed E-state index contributed by atoms with van der Waals surface area (Å²) in [6.07, 6.45) is 5.67. The van der Waals surface area contributed by atoms with Crippen LogP contribution in [0.2, 0.25) is 5.02 Å². The third-order valence-corrected chi connectivity index (χ3v) is 7.66. The lowest BCUT2D eigenvalue weighted by Crippen LogP contribution is -2.35. The van der Waals surface area contributed by atoms with Gasteiger partial charge < -0.3 is 4.57 Å². The van der Waals surface area contributed by atoms with Gasteiger partial charge in [0.05, 0.1) is 5.57 Å². The van der Waals surface area contributed by atoms with Gasteiger partial charge in [-0.05, 0) is 48.4 Å². The van der Waals surface area contributed by atoms with Crippen molar-refractivity contribution in [1.29, 1.82) is 5.41 Å². The van der Waals surface area contributed by atoms with E-state index >= 15 is 0 Å². The van der Waals surface area contributed by atoms with Crippen LogP contribution >= 0.6 is 23.4 Å². The second-order valence-electron chi connectivity index (χ2n) is 8.29. The smallest absolute Gasteiger partial charge is 0.283 e. The third kappa shape index (κ3) is 3.99. The largest absolute Gasteiger partial charge is 0.342 e. The third-order valence-electron chi connectivity index (χ3n) is 6.22. The van der Waals surface area contributed by atoms with Crippen LogP contribution in [0, 0.1) is 11.3 Å². The number of rotatable bonds is 6. The second kappa shape index (κ2) is 9.24. The first-order valence-corrected chi connectivity index (χ1v) is 12.5. The Balaban J connectivity index is 1.53. The molecule has 0 bridgehead atoms. The number of thioether (sulfide) groups is 1. The summed E-state index contributed by atoms with van der Waals surface area (Å²) in [5, 5.41) is 18.0. The predicted octanol–water partition coefficient (Wildman–Crippen LogP) is 6.40. The number of hydrazone groups is 1. The van der Waals surface area contributed by atoms with Crippen LogP contribution in [0.3, 0.4) is 0 Å². The molecule has 2 aliphatic heterocycles. The Morgan fingerprint density at radius 3 is 2.62 bits per heavy atom. The first-order valence-electron chi connectivity index (χ1n) is 11.3. The van der Waals surface area contributed by atoms with E-state index in [1.54, 1.807) is 6.08 Å². The van der Waals surface area contributed by atoms with Gasteiger partial charge in [0.1, 0.15) is 5.04 Å². The van der Waals surface area contributed by atoms with Crippen LogP contribution in [0.4, 0.5) is 0 Å². The molecule has 0 saturated carbocycles. The molecule has 2 aromatic carbocycles. The van der Waals surface area contributed by atoms with E-state index in [2.05, 4.69) is 28.5 Å². The minimum Gasteiger partial charge on any atom is -0.342 e. The highest BCUT2D eigenvalue weighted by Gasteiger charge is 2.37. The van der Waals surface area contributed by atoms with Gasteiger partial charge in [-0.25, -0.2) is 0 Å². The molecule has 6 nitrogen and oxygen atoms in total. The molecule has 8 heteroatoms. The molecular weight excluding hydrogens is 466 g/mol. The summed E-state index contributed by atoms with van der Waals surface area (Å²) in [6.45, 7) is 4.84. The number of fused-ring (bicyclic) bond motifs is 2. The highest BCUT2D eigenvalue weighted by molar-refractivity contribution is 8.27. The summed E-state index contributed by atoms with van der Waals surface area (Å²) in [7, 11) is 0. The molecule has 5 rings (SSSR count). The van der Waals surface area contributed by atoms with Gasteiger partial charge in [-0.2, -0.15) is 15.1 Å².